The van der Waals surface area contributed by atoms with E-state index in [0.29, 0.717) is 23.5 Å². The van der Waals surface area contributed by atoms with Crippen molar-refractivity contribution in [3.8, 4) is 11.1 Å². The van der Waals surface area contributed by atoms with Crippen LogP contribution in [0.3, 0.4) is 0 Å². The first-order chi connectivity index (χ1) is 13.5. The van der Waals surface area contributed by atoms with E-state index in [1.54, 1.807) is 18.3 Å². The third-order valence-electron chi connectivity index (χ3n) is 4.73. The molecule has 0 spiro atoms. The van der Waals surface area contributed by atoms with E-state index in [1.807, 2.05) is 36.4 Å². The molecule has 0 aliphatic carbocycles. The van der Waals surface area contributed by atoms with Crippen LogP contribution in [0, 0.1) is 0 Å². The van der Waals surface area contributed by atoms with Crippen LogP contribution in [0.15, 0.2) is 54.7 Å². The van der Waals surface area contributed by atoms with Gasteiger partial charge in [-0.3, -0.25) is 0 Å². The van der Waals surface area contributed by atoms with E-state index >= 15 is 0 Å². The largest absolute Gasteiger partial charge is 0.478 e. The summed E-state index contributed by atoms with van der Waals surface area (Å²) in [6, 6.07) is 14.9. The van der Waals surface area contributed by atoms with E-state index in [-0.39, 0.29) is 0 Å². The highest BCUT2D eigenvalue weighted by atomic mass is 16.4. The molecule has 28 heavy (non-hydrogen) atoms. The second kappa shape index (κ2) is 7.23. The number of nitrogens with one attached hydrogen (secondary N) is 1. The minimum Gasteiger partial charge on any atom is -0.478 e. The van der Waals surface area contributed by atoms with Gasteiger partial charge in [0.15, 0.2) is 0 Å². The minimum absolute atomic E-state index is 0.295. The number of carboxylic acids is 1. The number of aromatic carboxylic acids is 1. The molecule has 0 radical (unpaired) electrons. The van der Waals surface area contributed by atoms with Gasteiger partial charge in [-0.05, 0) is 22.8 Å². The van der Waals surface area contributed by atoms with Crippen LogP contribution in [0.1, 0.15) is 47.2 Å². The number of H-pyrrole nitrogens is 1. The van der Waals surface area contributed by atoms with Crippen LogP contribution in [-0.2, 0) is 6.42 Å². The summed E-state index contributed by atoms with van der Waals surface area (Å²) in [5, 5.41) is 17.8. The van der Waals surface area contributed by atoms with Crippen LogP contribution in [0.25, 0.3) is 22.2 Å². The van der Waals surface area contributed by atoms with Crippen LogP contribution in [0.5, 0.6) is 0 Å². The van der Waals surface area contributed by atoms with E-state index in [4.69, 9.17) is 0 Å². The Balaban J connectivity index is 1.64. The Labute approximate surface area is 162 Å². The van der Waals surface area contributed by atoms with Crippen molar-refractivity contribution < 1.29 is 9.90 Å². The number of carboxylic acid groups (broad SMARTS) is 1. The maximum Gasteiger partial charge on any atom is 0.336 e. The standard InChI is InChI=1S/C22H20N4O2/c1-13(2)21-24-19-12-23-26-18(20(19)25-21)11-14-7-9-15(10-8-14)16-5-3-4-6-17(16)22(27)28/h3-10,12-13H,11H2,1-2H3,(H,24,25)(H,27,28). The smallest absolute Gasteiger partial charge is 0.336 e. The highest BCUT2D eigenvalue weighted by Gasteiger charge is 2.13. The lowest BCUT2D eigenvalue weighted by atomic mass is 9.98. The molecule has 0 saturated carbocycles. The first-order valence-electron chi connectivity index (χ1n) is 9.14. The highest BCUT2D eigenvalue weighted by Crippen LogP contribution is 2.25. The zero-order valence-electron chi connectivity index (χ0n) is 15.7. The summed E-state index contributed by atoms with van der Waals surface area (Å²) in [7, 11) is 0. The number of hydrogen-bond acceptors (Lipinski definition) is 4. The van der Waals surface area contributed by atoms with Gasteiger partial charge >= 0.3 is 5.97 Å². The van der Waals surface area contributed by atoms with Gasteiger partial charge in [0, 0.05) is 12.3 Å². The van der Waals surface area contributed by atoms with Crippen LogP contribution < -0.4 is 0 Å². The summed E-state index contributed by atoms with van der Waals surface area (Å²) in [5.74, 6) is 0.293. The Bertz CT molecular complexity index is 1150. The van der Waals surface area contributed by atoms with E-state index in [1.165, 1.54) is 0 Å². The number of hydrogen-bond donors (Lipinski definition) is 2. The second-order valence-electron chi connectivity index (χ2n) is 7.05. The number of nitrogens with zero attached hydrogens (tertiary/aromatic N) is 3. The second-order valence-corrected chi connectivity index (χ2v) is 7.05. The molecule has 2 N–H and O–H groups in total. The van der Waals surface area contributed by atoms with Crippen molar-refractivity contribution in [2.24, 2.45) is 0 Å². The van der Waals surface area contributed by atoms with Gasteiger partial charge in [-0.25, -0.2) is 9.78 Å². The monoisotopic (exact) mass is 372 g/mol. The van der Waals surface area contributed by atoms with Crippen LogP contribution in [-0.4, -0.2) is 31.2 Å². The van der Waals surface area contributed by atoms with Crippen molar-refractivity contribution in [1.82, 2.24) is 20.2 Å². The van der Waals surface area contributed by atoms with Gasteiger partial charge in [-0.1, -0.05) is 56.3 Å². The molecule has 6 nitrogen and oxygen atoms in total. The number of rotatable bonds is 5. The fraction of sp³-hybridized carbons (Fsp3) is 0.182. The Morgan fingerprint density at radius 3 is 2.57 bits per heavy atom. The molecule has 140 valence electrons. The molecule has 0 aliphatic heterocycles. The normalized spacial score (nSPS) is 11.2. The maximum atomic E-state index is 11.5. The first-order valence-corrected chi connectivity index (χ1v) is 9.14. The summed E-state index contributed by atoms with van der Waals surface area (Å²) in [6.07, 6.45) is 2.30. The fourth-order valence-corrected chi connectivity index (χ4v) is 3.23. The zero-order chi connectivity index (χ0) is 19.7. The van der Waals surface area contributed by atoms with Gasteiger partial charge in [0.2, 0.25) is 0 Å². The number of imidazole rings is 1. The molecule has 4 aromatic rings. The lowest BCUT2D eigenvalue weighted by Crippen LogP contribution is -1.99. The Hall–Kier alpha value is -3.54. The van der Waals surface area contributed by atoms with Gasteiger partial charge in [-0.2, -0.15) is 10.2 Å². The van der Waals surface area contributed by atoms with Gasteiger partial charge < -0.3 is 10.1 Å². The highest BCUT2D eigenvalue weighted by molar-refractivity contribution is 5.96. The molecule has 0 unspecified atom stereocenters. The lowest BCUT2D eigenvalue weighted by Gasteiger charge is -2.07. The molecule has 0 saturated heterocycles. The van der Waals surface area contributed by atoms with E-state index in [9.17, 15) is 9.90 Å². The maximum absolute atomic E-state index is 11.5. The van der Waals surface area contributed by atoms with Crippen LogP contribution >= 0.6 is 0 Å². The zero-order valence-corrected chi connectivity index (χ0v) is 15.7. The molecular formula is C22H20N4O2. The van der Waals surface area contributed by atoms with Crippen molar-refractivity contribution in [2.45, 2.75) is 26.2 Å². The SMILES string of the molecule is CC(C)c1nc2c(Cc3ccc(-c4ccccc4C(=O)O)cc3)nncc2[nH]1. The molecule has 6 heteroatoms. The van der Waals surface area contributed by atoms with Gasteiger partial charge in [0.05, 0.1) is 23.0 Å². The quantitative estimate of drug-likeness (QED) is 0.541. The van der Waals surface area contributed by atoms with Crippen LogP contribution in [0.4, 0.5) is 0 Å². The average molecular weight is 372 g/mol. The summed E-state index contributed by atoms with van der Waals surface area (Å²) < 4.78 is 0. The van der Waals surface area contributed by atoms with E-state index in [0.717, 1.165) is 33.7 Å². The van der Waals surface area contributed by atoms with E-state index < -0.39 is 5.97 Å². The fourth-order valence-electron chi connectivity index (χ4n) is 3.23. The van der Waals surface area contributed by atoms with Crippen molar-refractivity contribution in [2.75, 3.05) is 0 Å². The summed E-state index contributed by atoms with van der Waals surface area (Å²) in [6.45, 7) is 4.18. The predicted octanol–water partition coefficient (Wildman–Crippen LogP) is 4.43. The Morgan fingerprint density at radius 2 is 1.86 bits per heavy atom. The van der Waals surface area contributed by atoms with Crippen molar-refractivity contribution in [3.63, 3.8) is 0 Å². The van der Waals surface area contributed by atoms with E-state index in [2.05, 4.69) is 34.0 Å². The third kappa shape index (κ3) is 3.36. The molecular weight excluding hydrogens is 352 g/mol. The molecule has 0 fully saturated rings. The number of fused-ring (bicyclic) bond motifs is 1. The molecule has 4 rings (SSSR count). The molecule has 2 heterocycles. The minimum atomic E-state index is -0.930. The molecule has 0 amide bonds. The molecule has 0 atom stereocenters. The van der Waals surface area contributed by atoms with Crippen LogP contribution in [0.2, 0.25) is 0 Å². The third-order valence-corrected chi connectivity index (χ3v) is 4.73. The summed E-state index contributed by atoms with van der Waals surface area (Å²) in [5.41, 5.74) is 5.49. The Kier molecular flexibility index (Phi) is 4.61. The average Bonchev–Trinajstić information content (AvgIpc) is 3.14. The number of benzene rings is 2. The van der Waals surface area contributed by atoms with Gasteiger partial charge in [0.25, 0.3) is 0 Å². The van der Waals surface area contributed by atoms with Crippen molar-refractivity contribution >= 4 is 17.0 Å². The molecule has 2 aromatic heterocycles. The topological polar surface area (TPSA) is 91.8 Å². The molecule has 0 bridgehead atoms. The van der Waals surface area contributed by atoms with Gasteiger partial charge in [0.1, 0.15) is 11.3 Å². The molecule has 2 aromatic carbocycles. The number of aromatic amines is 1. The van der Waals surface area contributed by atoms with Crippen molar-refractivity contribution in [1.29, 1.82) is 0 Å². The lowest BCUT2D eigenvalue weighted by molar-refractivity contribution is 0.0697. The number of carbonyl (C=O) groups is 1. The summed E-state index contributed by atoms with van der Waals surface area (Å²) in [4.78, 5) is 19.4. The molecule has 0 aliphatic rings. The summed E-state index contributed by atoms with van der Waals surface area (Å²) >= 11 is 0. The Morgan fingerprint density at radius 1 is 1.11 bits per heavy atom. The predicted molar refractivity (Wildman–Crippen MR) is 107 cm³/mol. The number of aromatic nitrogens is 4. The first kappa shape index (κ1) is 17.9. The van der Waals surface area contributed by atoms with Gasteiger partial charge in [-0.15, -0.1) is 0 Å². The van der Waals surface area contributed by atoms with Crippen molar-refractivity contribution in [3.05, 3.63) is 77.4 Å².